The quantitative estimate of drug-likeness (QED) is 0.893. The predicted molar refractivity (Wildman–Crippen MR) is 66.3 cm³/mol. The van der Waals surface area contributed by atoms with E-state index in [2.05, 4.69) is 15.0 Å². The number of rotatable bonds is 3. The van der Waals surface area contributed by atoms with Crippen LogP contribution in [0, 0.1) is 6.92 Å². The molecule has 0 aliphatic carbocycles. The number of carboxylic acids is 1. The summed E-state index contributed by atoms with van der Waals surface area (Å²) in [7, 11) is 0. The number of aromatic nitrogens is 3. The Bertz CT molecular complexity index is 597. The first-order chi connectivity index (χ1) is 8.63. The highest BCUT2D eigenvalue weighted by Gasteiger charge is 2.13. The maximum atomic E-state index is 11.1. The number of hydrogen-bond acceptors (Lipinski definition) is 4. The first kappa shape index (κ1) is 12.2. The van der Waals surface area contributed by atoms with E-state index in [4.69, 9.17) is 5.11 Å². The second-order valence-electron chi connectivity index (χ2n) is 3.92. The van der Waals surface area contributed by atoms with E-state index < -0.39 is 5.97 Å². The third-order valence-electron chi connectivity index (χ3n) is 2.70. The zero-order chi connectivity index (χ0) is 13.1. The minimum absolute atomic E-state index is 0.0406. The minimum atomic E-state index is -1.04. The third kappa shape index (κ3) is 2.20. The highest BCUT2D eigenvalue weighted by Crippen LogP contribution is 2.20. The van der Waals surface area contributed by atoms with Crippen molar-refractivity contribution in [2.75, 3.05) is 0 Å². The first-order valence-electron chi connectivity index (χ1n) is 5.63. The summed E-state index contributed by atoms with van der Waals surface area (Å²) < 4.78 is 0. The van der Waals surface area contributed by atoms with Gasteiger partial charge in [-0.3, -0.25) is 4.98 Å². The van der Waals surface area contributed by atoms with Crippen LogP contribution in [0.5, 0.6) is 0 Å². The smallest absolute Gasteiger partial charge is 0.354 e. The van der Waals surface area contributed by atoms with Crippen molar-refractivity contribution in [3.8, 4) is 11.4 Å². The van der Waals surface area contributed by atoms with Gasteiger partial charge in [0.15, 0.2) is 11.5 Å². The molecule has 0 bridgehead atoms. The van der Waals surface area contributed by atoms with E-state index in [0.717, 1.165) is 17.5 Å². The zero-order valence-corrected chi connectivity index (χ0v) is 10.2. The van der Waals surface area contributed by atoms with Crippen molar-refractivity contribution in [2.45, 2.75) is 20.3 Å². The maximum Gasteiger partial charge on any atom is 0.354 e. The highest BCUT2D eigenvalue weighted by atomic mass is 16.4. The molecule has 0 aliphatic rings. The van der Waals surface area contributed by atoms with Crippen LogP contribution in [0.4, 0.5) is 0 Å². The average Bonchev–Trinajstić information content (AvgIpc) is 2.39. The van der Waals surface area contributed by atoms with Crippen molar-refractivity contribution >= 4 is 5.97 Å². The van der Waals surface area contributed by atoms with Crippen molar-refractivity contribution < 1.29 is 9.90 Å². The fraction of sp³-hybridized carbons (Fsp3) is 0.231. The van der Waals surface area contributed by atoms with Crippen LogP contribution in [0.15, 0.2) is 24.7 Å². The second-order valence-corrected chi connectivity index (χ2v) is 3.92. The predicted octanol–water partition coefficient (Wildman–Crippen LogP) is 2.11. The van der Waals surface area contributed by atoms with Gasteiger partial charge in [0, 0.05) is 29.7 Å². The molecule has 5 nitrogen and oxygen atoms in total. The number of hydrogen-bond donors (Lipinski definition) is 1. The van der Waals surface area contributed by atoms with Crippen molar-refractivity contribution in [1.82, 2.24) is 15.0 Å². The second kappa shape index (κ2) is 4.91. The Balaban J connectivity index is 2.58. The van der Waals surface area contributed by atoms with Crippen LogP contribution in [-0.4, -0.2) is 26.0 Å². The Kier molecular flexibility index (Phi) is 3.32. The van der Waals surface area contributed by atoms with Crippen LogP contribution in [0.3, 0.4) is 0 Å². The Labute approximate surface area is 105 Å². The molecule has 2 aromatic rings. The van der Waals surface area contributed by atoms with Gasteiger partial charge in [0.1, 0.15) is 0 Å². The average molecular weight is 243 g/mol. The van der Waals surface area contributed by atoms with Crippen LogP contribution >= 0.6 is 0 Å². The first-order valence-corrected chi connectivity index (χ1v) is 5.63. The van der Waals surface area contributed by atoms with E-state index in [1.54, 1.807) is 25.4 Å². The number of pyridine rings is 1. The monoisotopic (exact) mass is 243 g/mol. The van der Waals surface area contributed by atoms with E-state index in [0.29, 0.717) is 11.4 Å². The summed E-state index contributed by atoms with van der Waals surface area (Å²) in [4.78, 5) is 23.4. The van der Waals surface area contributed by atoms with Gasteiger partial charge >= 0.3 is 5.97 Å². The maximum absolute atomic E-state index is 11.1. The molecule has 0 saturated carbocycles. The van der Waals surface area contributed by atoms with Crippen molar-refractivity contribution in [1.29, 1.82) is 0 Å². The van der Waals surface area contributed by atoms with Gasteiger partial charge in [0.25, 0.3) is 0 Å². The molecule has 0 spiro atoms. The lowest BCUT2D eigenvalue weighted by atomic mass is 10.1. The molecular weight excluding hydrogens is 230 g/mol. The Hall–Kier alpha value is -2.30. The summed E-state index contributed by atoms with van der Waals surface area (Å²) in [5, 5.41) is 9.06. The van der Waals surface area contributed by atoms with E-state index in [9.17, 15) is 4.79 Å². The summed E-state index contributed by atoms with van der Waals surface area (Å²) in [5.74, 6) is -0.611. The number of carboxylic acid groups (broad SMARTS) is 1. The summed E-state index contributed by atoms with van der Waals surface area (Å²) >= 11 is 0. The standard InChI is InChI=1S/C13H13N3O2/c1-3-9-7-14-5-4-10(9)12-15-6-8(2)11(16-12)13(17)18/h4-7H,3H2,1-2H3,(H,17,18). The number of carbonyl (C=O) groups is 1. The van der Waals surface area contributed by atoms with Gasteiger partial charge < -0.3 is 5.11 Å². The molecule has 0 saturated heterocycles. The van der Waals surface area contributed by atoms with E-state index in [-0.39, 0.29) is 5.69 Å². The lowest BCUT2D eigenvalue weighted by Gasteiger charge is -2.07. The zero-order valence-electron chi connectivity index (χ0n) is 10.2. The molecule has 0 radical (unpaired) electrons. The van der Waals surface area contributed by atoms with Crippen LogP contribution in [0.25, 0.3) is 11.4 Å². The van der Waals surface area contributed by atoms with Crippen LogP contribution in [0.1, 0.15) is 28.5 Å². The van der Waals surface area contributed by atoms with Crippen LogP contribution in [-0.2, 0) is 6.42 Å². The molecule has 0 atom stereocenters. The van der Waals surface area contributed by atoms with Crippen LogP contribution in [0.2, 0.25) is 0 Å². The van der Waals surface area contributed by atoms with Gasteiger partial charge in [-0.15, -0.1) is 0 Å². The third-order valence-corrected chi connectivity index (χ3v) is 2.70. The summed E-state index contributed by atoms with van der Waals surface area (Å²) in [6, 6.07) is 1.80. The van der Waals surface area contributed by atoms with Crippen molar-refractivity contribution in [3.63, 3.8) is 0 Å². The molecule has 2 heterocycles. The molecule has 0 aliphatic heterocycles. The molecule has 0 unspecified atom stereocenters. The van der Waals surface area contributed by atoms with Crippen molar-refractivity contribution in [3.05, 3.63) is 41.5 Å². The Morgan fingerprint density at radius 2 is 2.17 bits per heavy atom. The molecule has 2 rings (SSSR count). The summed E-state index contributed by atoms with van der Waals surface area (Å²) in [6.07, 6.45) is 5.73. The van der Waals surface area contributed by atoms with E-state index >= 15 is 0 Å². The highest BCUT2D eigenvalue weighted by molar-refractivity contribution is 5.87. The normalized spacial score (nSPS) is 10.3. The molecule has 2 aromatic heterocycles. The van der Waals surface area contributed by atoms with Gasteiger partial charge in [0.05, 0.1) is 0 Å². The molecule has 18 heavy (non-hydrogen) atoms. The van der Waals surface area contributed by atoms with Gasteiger partial charge in [-0.1, -0.05) is 6.92 Å². The van der Waals surface area contributed by atoms with E-state index in [1.165, 1.54) is 6.20 Å². The minimum Gasteiger partial charge on any atom is -0.477 e. The van der Waals surface area contributed by atoms with Crippen LogP contribution < -0.4 is 0 Å². The fourth-order valence-electron chi connectivity index (χ4n) is 1.72. The molecule has 0 fully saturated rings. The van der Waals surface area contributed by atoms with Crippen molar-refractivity contribution in [2.24, 2.45) is 0 Å². The molecule has 1 N–H and O–H groups in total. The Morgan fingerprint density at radius 1 is 1.39 bits per heavy atom. The lowest BCUT2D eigenvalue weighted by molar-refractivity contribution is 0.0689. The Morgan fingerprint density at radius 3 is 2.83 bits per heavy atom. The SMILES string of the molecule is CCc1cnccc1-c1ncc(C)c(C(=O)O)n1. The number of aryl methyl sites for hydroxylation is 2. The van der Waals surface area contributed by atoms with Gasteiger partial charge in [-0.05, 0) is 25.0 Å². The number of aromatic carboxylic acids is 1. The van der Waals surface area contributed by atoms with Gasteiger partial charge in [-0.2, -0.15) is 0 Å². The van der Waals surface area contributed by atoms with Gasteiger partial charge in [-0.25, -0.2) is 14.8 Å². The molecule has 0 amide bonds. The lowest BCUT2D eigenvalue weighted by Crippen LogP contribution is -2.06. The molecule has 5 heteroatoms. The fourth-order valence-corrected chi connectivity index (χ4v) is 1.72. The topological polar surface area (TPSA) is 76.0 Å². The van der Waals surface area contributed by atoms with E-state index in [1.807, 2.05) is 6.92 Å². The largest absolute Gasteiger partial charge is 0.477 e. The molecular formula is C13H13N3O2. The molecule has 0 aromatic carbocycles. The summed E-state index contributed by atoms with van der Waals surface area (Å²) in [6.45, 7) is 3.69. The number of nitrogens with zero attached hydrogens (tertiary/aromatic N) is 3. The van der Waals surface area contributed by atoms with Gasteiger partial charge in [0.2, 0.25) is 0 Å². The molecule has 92 valence electrons. The summed E-state index contributed by atoms with van der Waals surface area (Å²) in [5.41, 5.74) is 2.42.